The minimum absolute atomic E-state index is 0.242. The predicted molar refractivity (Wildman–Crippen MR) is 197 cm³/mol. The Labute approximate surface area is 279 Å². The second-order valence-corrected chi connectivity index (χ2v) is 13.6. The van der Waals surface area contributed by atoms with Crippen molar-refractivity contribution in [3.63, 3.8) is 0 Å². The van der Waals surface area contributed by atoms with Crippen LogP contribution in [0.25, 0.3) is 42.8 Å². The molecule has 2 aliphatic rings. The molecule has 4 heteroatoms. The van der Waals surface area contributed by atoms with Crippen molar-refractivity contribution in [1.82, 2.24) is 5.32 Å². The molecule has 9 rings (SSSR count). The topological polar surface area (TPSA) is 50.4 Å². The maximum atomic E-state index is 5.68. The first-order valence-corrected chi connectivity index (χ1v) is 17.0. The molecule has 0 radical (unpaired) electrons. The zero-order chi connectivity index (χ0) is 31.6. The molecule has 7 aromatic rings. The molecule has 0 saturated carbocycles. The minimum Gasteiger partial charge on any atom is -0.363 e. The minimum atomic E-state index is -0.474. The average molecular weight is 624 g/mol. The molecule has 2 aliphatic carbocycles. The zero-order valence-electron chi connectivity index (χ0n) is 26.1. The Morgan fingerprint density at radius 1 is 0.660 bits per heavy atom. The first kappa shape index (κ1) is 28.0. The molecule has 2 atom stereocenters. The number of aliphatic imine (C=N–C) groups is 1. The van der Waals surface area contributed by atoms with Crippen LogP contribution >= 0.6 is 11.3 Å². The van der Waals surface area contributed by atoms with Gasteiger partial charge in [-0.3, -0.25) is 4.99 Å². The SMILES string of the molecule is CC(N/C=N\CN)(c1ccccc1)c1ccc(-c2cccc3c2-c2ccccc2C32c3ccccc3-c3sc4ccccc4c32)cc1. The van der Waals surface area contributed by atoms with Crippen LogP contribution in [0.1, 0.15) is 40.3 Å². The van der Waals surface area contributed by atoms with Crippen LogP contribution in [0.4, 0.5) is 0 Å². The Bertz CT molecular complexity index is 2340. The Morgan fingerprint density at radius 3 is 2.06 bits per heavy atom. The Balaban J connectivity index is 1.26. The highest BCUT2D eigenvalue weighted by Gasteiger charge is 2.53. The molecule has 0 saturated heterocycles. The van der Waals surface area contributed by atoms with Crippen molar-refractivity contribution in [2.45, 2.75) is 17.9 Å². The maximum Gasteiger partial charge on any atom is 0.0876 e. The summed E-state index contributed by atoms with van der Waals surface area (Å²) in [5.74, 6) is 0. The number of benzene rings is 6. The Morgan fingerprint density at radius 2 is 1.28 bits per heavy atom. The predicted octanol–water partition coefficient (Wildman–Crippen LogP) is 9.71. The van der Waals surface area contributed by atoms with Gasteiger partial charge in [-0.1, -0.05) is 140 Å². The van der Waals surface area contributed by atoms with Crippen molar-refractivity contribution in [3.05, 3.63) is 179 Å². The second-order valence-electron chi connectivity index (χ2n) is 12.6. The highest BCUT2D eigenvalue weighted by atomic mass is 32.1. The monoisotopic (exact) mass is 623 g/mol. The van der Waals surface area contributed by atoms with Gasteiger partial charge in [0.05, 0.1) is 24.0 Å². The van der Waals surface area contributed by atoms with Crippen LogP contribution in [0.3, 0.4) is 0 Å². The lowest BCUT2D eigenvalue weighted by molar-refractivity contribution is 0.535. The van der Waals surface area contributed by atoms with E-state index in [0.717, 1.165) is 11.1 Å². The zero-order valence-corrected chi connectivity index (χ0v) is 26.9. The molecule has 0 aliphatic heterocycles. The summed E-state index contributed by atoms with van der Waals surface area (Å²) in [5, 5.41) is 4.89. The Kier molecular flexibility index (Phi) is 6.33. The molecule has 226 valence electrons. The van der Waals surface area contributed by atoms with E-state index in [9.17, 15) is 0 Å². The highest BCUT2D eigenvalue weighted by molar-refractivity contribution is 7.22. The van der Waals surface area contributed by atoms with Crippen molar-refractivity contribution in [2.24, 2.45) is 10.7 Å². The molecule has 3 nitrogen and oxygen atoms in total. The van der Waals surface area contributed by atoms with Gasteiger partial charge in [0.1, 0.15) is 0 Å². The van der Waals surface area contributed by atoms with Crippen molar-refractivity contribution < 1.29 is 0 Å². The van der Waals surface area contributed by atoms with Gasteiger partial charge >= 0.3 is 0 Å². The second kappa shape index (κ2) is 10.6. The van der Waals surface area contributed by atoms with E-state index in [2.05, 4.69) is 157 Å². The van der Waals surface area contributed by atoms with Crippen molar-refractivity contribution >= 4 is 27.8 Å². The summed E-state index contributed by atoms with van der Waals surface area (Å²) < 4.78 is 1.34. The molecule has 0 amide bonds. The van der Waals surface area contributed by atoms with Crippen LogP contribution in [-0.4, -0.2) is 13.0 Å². The van der Waals surface area contributed by atoms with Gasteiger partial charge < -0.3 is 11.1 Å². The maximum absolute atomic E-state index is 5.68. The number of hydrogen-bond donors (Lipinski definition) is 2. The lowest BCUT2D eigenvalue weighted by Crippen LogP contribution is -2.40. The number of thiophene rings is 1. The van der Waals surface area contributed by atoms with E-state index in [1.54, 1.807) is 6.34 Å². The summed E-state index contributed by atoms with van der Waals surface area (Å²) in [6.45, 7) is 2.44. The fourth-order valence-electron chi connectivity index (χ4n) is 8.19. The molecule has 1 aromatic heterocycles. The summed E-state index contributed by atoms with van der Waals surface area (Å²) in [6.07, 6.45) is 1.73. The van der Waals surface area contributed by atoms with E-state index in [1.807, 2.05) is 17.4 Å². The van der Waals surface area contributed by atoms with Gasteiger partial charge in [-0.15, -0.1) is 11.3 Å². The summed E-state index contributed by atoms with van der Waals surface area (Å²) in [5.41, 5.74) is 19.1. The third kappa shape index (κ3) is 3.86. The molecule has 6 aromatic carbocycles. The smallest absolute Gasteiger partial charge is 0.0876 e. The van der Waals surface area contributed by atoms with Crippen LogP contribution in [0.15, 0.2) is 151 Å². The first-order valence-electron chi connectivity index (χ1n) is 16.1. The molecule has 1 spiro atoms. The quantitative estimate of drug-likeness (QED) is 0.143. The van der Waals surface area contributed by atoms with Gasteiger partial charge in [-0.25, -0.2) is 0 Å². The fourth-order valence-corrected chi connectivity index (χ4v) is 9.49. The highest BCUT2D eigenvalue weighted by Crippen LogP contribution is 2.66. The molecule has 1 heterocycles. The third-order valence-corrected chi connectivity index (χ3v) is 11.5. The van der Waals surface area contributed by atoms with Gasteiger partial charge in [0, 0.05) is 9.58 Å². The average Bonchev–Trinajstić information content (AvgIpc) is 3.76. The lowest BCUT2D eigenvalue weighted by Gasteiger charge is -2.31. The molecule has 2 unspecified atom stereocenters. The molecular formula is C43H33N3S. The normalized spacial score (nSPS) is 17.0. The van der Waals surface area contributed by atoms with Gasteiger partial charge in [0.2, 0.25) is 0 Å². The summed E-state index contributed by atoms with van der Waals surface area (Å²) in [6, 6.07) is 53.6. The van der Waals surface area contributed by atoms with Crippen LogP contribution in [0, 0.1) is 0 Å². The van der Waals surface area contributed by atoms with Crippen LogP contribution in [0.2, 0.25) is 0 Å². The summed E-state index contributed by atoms with van der Waals surface area (Å²) >= 11 is 1.93. The number of nitrogens with zero attached hydrogens (tertiary/aromatic N) is 1. The van der Waals surface area contributed by atoms with Gasteiger partial charge in [0.15, 0.2) is 0 Å². The number of nitrogens with two attached hydrogens (primary N) is 1. The molecule has 3 N–H and O–H groups in total. The first-order chi connectivity index (χ1) is 23.2. The van der Waals surface area contributed by atoms with E-state index in [-0.39, 0.29) is 12.1 Å². The van der Waals surface area contributed by atoms with Gasteiger partial charge in [-0.05, 0) is 79.6 Å². The lowest BCUT2D eigenvalue weighted by atomic mass is 9.70. The van der Waals surface area contributed by atoms with Crippen molar-refractivity contribution in [1.29, 1.82) is 0 Å². The van der Waals surface area contributed by atoms with E-state index in [4.69, 9.17) is 5.73 Å². The van der Waals surface area contributed by atoms with Gasteiger partial charge in [-0.2, -0.15) is 0 Å². The van der Waals surface area contributed by atoms with E-state index >= 15 is 0 Å². The van der Waals surface area contributed by atoms with Crippen molar-refractivity contribution in [3.8, 4) is 32.7 Å². The third-order valence-electron chi connectivity index (χ3n) is 10.3. The van der Waals surface area contributed by atoms with Crippen molar-refractivity contribution in [2.75, 3.05) is 6.67 Å². The number of rotatable bonds is 6. The van der Waals surface area contributed by atoms with Gasteiger partial charge in [0.25, 0.3) is 0 Å². The van der Waals surface area contributed by atoms with Crippen LogP contribution < -0.4 is 11.1 Å². The molecule has 0 bridgehead atoms. The molecule has 47 heavy (non-hydrogen) atoms. The van der Waals surface area contributed by atoms with E-state index < -0.39 is 5.54 Å². The largest absolute Gasteiger partial charge is 0.363 e. The Hall–Kier alpha value is -5.29. The van der Waals surface area contributed by atoms with Crippen LogP contribution in [-0.2, 0) is 11.0 Å². The summed E-state index contributed by atoms with van der Waals surface area (Å²) in [7, 11) is 0. The van der Waals surface area contributed by atoms with Crippen LogP contribution in [0.5, 0.6) is 0 Å². The number of nitrogens with one attached hydrogen (secondary N) is 1. The summed E-state index contributed by atoms with van der Waals surface area (Å²) in [4.78, 5) is 5.65. The standard InChI is InChI=1S/C43H33N3S/c1-42(46-27-45-26-44,29-12-3-2-4-13-29)30-24-22-28(23-25-30)31-17-11-20-37-39(31)32-14-5-8-18-35(32)43(37)36-19-9-6-15-33(36)41-40(43)34-16-7-10-21-38(34)47-41/h2-25,27H,26,44H2,1H3,(H,45,46). The molecular weight excluding hydrogens is 591 g/mol. The number of fused-ring (bicyclic) bond motifs is 12. The van der Waals surface area contributed by atoms with E-state index in [1.165, 1.54) is 65.0 Å². The van der Waals surface area contributed by atoms with E-state index in [0.29, 0.717) is 0 Å². The fraction of sp³-hybridized carbons (Fsp3) is 0.0930. The molecule has 0 fully saturated rings. The number of hydrogen-bond acceptors (Lipinski definition) is 3.